The summed E-state index contributed by atoms with van der Waals surface area (Å²) in [6, 6.07) is 8.89. The van der Waals surface area contributed by atoms with E-state index in [1.54, 1.807) is 12.1 Å². The zero-order valence-corrected chi connectivity index (χ0v) is 11.5. The summed E-state index contributed by atoms with van der Waals surface area (Å²) < 4.78 is 39.7. The van der Waals surface area contributed by atoms with Crippen LogP contribution in [0.3, 0.4) is 0 Å². The first-order valence-corrected chi connectivity index (χ1v) is 7.26. The smallest absolute Gasteiger partial charge is 0.261 e. The van der Waals surface area contributed by atoms with E-state index in [2.05, 4.69) is 4.72 Å². The van der Waals surface area contributed by atoms with Gasteiger partial charge in [-0.3, -0.25) is 9.52 Å². The molecule has 0 spiro atoms. The second-order valence-corrected chi connectivity index (χ2v) is 5.88. The third-order valence-corrected chi connectivity index (χ3v) is 4.08. The number of carbonyl (C=O) groups excluding carboxylic acids is 1. The fraction of sp³-hybridized carbons (Fsp3) is 0. The molecule has 2 rings (SSSR count). The van der Waals surface area contributed by atoms with Crippen LogP contribution in [0.4, 0.5) is 15.8 Å². The number of rotatable bonds is 4. The molecule has 0 bridgehead atoms. The van der Waals surface area contributed by atoms with Crippen molar-refractivity contribution >= 4 is 27.3 Å². The Bertz CT molecular complexity index is 806. The Kier molecular flexibility index (Phi) is 3.81. The van der Waals surface area contributed by atoms with E-state index in [0.717, 1.165) is 18.2 Å². The van der Waals surface area contributed by atoms with Crippen LogP contribution in [0, 0.1) is 5.82 Å². The van der Waals surface area contributed by atoms with Gasteiger partial charge in [-0.1, -0.05) is 12.1 Å². The molecule has 0 aliphatic rings. The zero-order valence-electron chi connectivity index (χ0n) is 10.7. The number of halogens is 1. The van der Waals surface area contributed by atoms with Gasteiger partial charge in [-0.25, -0.2) is 12.8 Å². The van der Waals surface area contributed by atoms with Crippen molar-refractivity contribution in [3.8, 4) is 0 Å². The number of nitrogens with one attached hydrogen (secondary N) is 1. The number of nitrogens with two attached hydrogens (primary N) is 2. The van der Waals surface area contributed by atoms with Crippen LogP contribution in [0.5, 0.6) is 0 Å². The Labute approximate surface area is 120 Å². The average molecular weight is 309 g/mol. The molecular formula is C13H12FN3O3S. The highest BCUT2D eigenvalue weighted by Gasteiger charge is 2.18. The second-order valence-electron chi connectivity index (χ2n) is 4.20. The summed E-state index contributed by atoms with van der Waals surface area (Å²) in [5.74, 6) is -1.49. The molecule has 0 fully saturated rings. The van der Waals surface area contributed by atoms with Gasteiger partial charge in [0.25, 0.3) is 15.9 Å². The van der Waals surface area contributed by atoms with Crippen LogP contribution in [0.2, 0.25) is 0 Å². The summed E-state index contributed by atoms with van der Waals surface area (Å²) >= 11 is 0. The number of anilines is 2. The van der Waals surface area contributed by atoms with Crippen LogP contribution in [0.1, 0.15) is 10.4 Å². The highest BCUT2D eigenvalue weighted by Crippen LogP contribution is 2.22. The van der Waals surface area contributed by atoms with Gasteiger partial charge >= 0.3 is 0 Å². The molecule has 0 aliphatic carbocycles. The van der Waals surface area contributed by atoms with E-state index in [1.165, 1.54) is 12.1 Å². The Hall–Kier alpha value is -2.61. The number of hydrogen-bond donors (Lipinski definition) is 3. The van der Waals surface area contributed by atoms with Gasteiger partial charge in [-0.15, -0.1) is 0 Å². The molecule has 8 heteroatoms. The van der Waals surface area contributed by atoms with Crippen molar-refractivity contribution in [2.45, 2.75) is 4.90 Å². The van der Waals surface area contributed by atoms with E-state index in [-0.39, 0.29) is 21.8 Å². The number of benzene rings is 2. The standard InChI is InChI=1S/C13H12FN3O3S/c14-10-6-5-8(7-11(10)15)21(19,20)17-12-4-2-1-3-9(12)13(16)18/h1-7,17H,15H2,(H2,16,18). The van der Waals surface area contributed by atoms with E-state index in [4.69, 9.17) is 11.5 Å². The lowest BCUT2D eigenvalue weighted by Gasteiger charge is -2.11. The maximum Gasteiger partial charge on any atom is 0.261 e. The van der Waals surface area contributed by atoms with Gasteiger partial charge < -0.3 is 11.5 Å². The molecule has 0 heterocycles. The van der Waals surface area contributed by atoms with E-state index in [1.807, 2.05) is 0 Å². The maximum absolute atomic E-state index is 13.1. The minimum absolute atomic E-state index is 0.0242. The van der Waals surface area contributed by atoms with Crippen LogP contribution in [-0.2, 0) is 10.0 Å². The summed E-state index contributed by atoms with van der Waals surface area (Å²) in [7, 11) is -4.01. The van der Waals surface area contributed by atoms with Gasteiger partial charge in [-0.2, -0.15) is 0 Å². The number of primary amides is 1. The van der Waals surface area contributed by atoms with Crippen LogP contribution in [-0.4, -0.2) is 14.3 Å². The number of nitrogen functional groups attached to an aromatic ring is 1. The third-order valence-electron chi connectivity index (χ3n) is 2.71. The first-order chi connectivity index (χ1) is 9.81. The van der Waals surface area contributed by atoms with Crippen LogP contribution in [0.15, 0.2) is 47.4 Å². The lowest BCUT2D eigenvalue weighted by atomic mass is 10.2. The predicted octanol–water partition coefficient (Wildman–Crippen LogP) is 1.31. The van der Waals surface area contributed by atoms with Crippen LogP contribution < -0.4 is 16.2 Å². The molecule has 1 amide bonds. The highest BCUT2D eigenvalue weighted by atomic mass is 32.2. The largest absolute Gasteiger partial charge is 0.396 e. The SMILES string of the molecule is NC(=O)c1ccccc1NS(=O)(=O)c1ccc(F)c(N)c1. The van der Waals surface area contributed by atoms with E-state index in [9.17, 15) is 17.6 Å². The summed E-state index contributed by atoms with van der Waals surface area (Å²) in [6.45, 7) is 0. The number of amides is 1. The molecule has 0 radical (unpaired) electrons. The van der Waals surface area contributed by atoms with Gasteiger partial charge in [0.2, 0.25) is 0 Å². The van der Waals surface area contributed by atoms with Crippen LogP contribution >= 0.6 is 0 Å². The molecule has 0 saturated heterocycles. The number of hydrogen-bond acceptors (Lipinski definition) is 4. The number of carbonyl (C=O) groups is 1. The molecule has 2 aromatic carbocycles. The molecule has 21 heavy (non-hydrogen) atoms. The van der Waals surface area contributed by atoms with Crippen molar-refractivity contribution in [2.75, 3.05) is 10.5 Å². The van der Waals surface area contributed by atoms with Crippen molar-refractivity contribution in [2.24, 2.45) is 5.73 Å². The minimum atomic E-state index is -4.01. The first-order valence-electron chi connectivity index (χ1n) is 5.78. The van der Waals surface area contributed by atoms with Crippen molar-refractivity contribution < 1.29 is 17.6 Å². The molecule has 5 N–H and O–H groups in total. The Morgan fingerprint density at radius 1 is 1.14 bits per heavy atom. The van der Waals surface area contributed by atoms with Crippen molar-refractivity contribution in [1.82, 2.24) is 0 Å². The van der Waals surface area contributed by atoms with Gasteiger partial charge in [0, 0.05) is 0 Å². The highest BCUT2D eigenvalue weighted by molar-refractivity contribution is 7.92. The Balaban J connectivity index is 2.42. The fourth-order valence-corrected chi connectivity index (χ4v) is 2.79. The molecule has 0 aromatic heterocycles. The van der Waals surface area contributed by atoms with E-state index in [0.29, 0.717) is 0 Å². The average Bonchev–Trinajstić information content (AvgIpc) is 2.41. The molecule has 0 aliphatic heterocycles. The second kappa shape index (κ2) is 5.41. The van der Waals surface area contributed by atoms with Crippen molar-refractivity contribution in [3.63, 3.8) is 0 Å². The van der Waals surface area contributed by atoms with Gasteiger partial charge in [0.1, 0.15) is 5.82 Å². The normalized spacial score (nSPS) is 11.1. The molecule has 0 unspecified atom stereocenters. The molecule has 110 valence electrons. The third kappa shape index (κ3) is 3.11. The maximum atomic E-state index is 13.1. The minimum Gasteiger partial charge on any atom is -0.396 e. The summed E-state index contributed by atoms with van der Waals surface area (Å²) in [5, 5.41) is 0. The van der Waals surface area contributed by atoms with Crippen molar-refractivity contribution in [1.29, 1.82) is 0 Å². The molecular weight excluding hydrogens is 297 g/mol. The first kappa shape index (κ1) is 14.8. The lowest BCUT2D eigenvalue weighted by molar-refractivity contribution is 0.100. The summed E-state index contributed by atoms with van der Waals surface area (Å²) in [4.78, 5) is 11.0. The van der Waals surface area contributed by atoms with Gasteiger partial charge in [0.05, 0.1) is 21.8 Å². The molecule has 0 saturated carbocycles. The van der Waals surface area contributed by atoms with E-state index < -0.39 is 21.7 Å². The van der Waals surface area contributed by atoms with Gasteiger partial charge in [0.15, 0.2) is 0 Å². The number of para-hydroxylation sites is 1. The fourth-order valence-electron chi connectivity index (χ4n) is 1.68. The molecule has 0 atom stereocenters. The van der Waals surface area contributed by atoms with Crippen molar-refractivity contribution in [3.05, 3.63) is 53.8 Å². The number of sulfonamides is 1. The monoisotopic (exact) mass is 309 g/mol. The lowest BCUT2D eigenvalue weighted by Crippen LogP contribution is -2.18. The summed E-state index contributed by atoms with van der Waals surface area (Å²) in [5.41, 5.74) is 10.3. The predicted molar refractivity (Wildman–Crippen MR) is 76.6 cm³/mol. The van der Waals surface area contributed by atoms with E-state index >= 15 is 0 Å². The molecule has 6 nitrogen and oxygen atoms in total. The summed E-state index contributed by atoms with van der Waals surface area (Å²) in [6.07, 6.45) is 0. The Morgan fingerprint density at radius 2 is 1.81 bits per heavy atom. The van der Waals surface area contributed by atoms with Crippen LogP contribution in [0.25, 0.3) is 0 Å². The zero-order chi connectivity index (χ0) is 15.6. The molecule has 2 aromatic rings. The quantitative estimate of drug-likeness (QED) is 0.738. The Morgan fingerprint density at radius 3 is 2.43 bits per heavy atom. The topological polar surface area (TPSA) is 115 Å². The van der Waals surface area contributed by atoms with Gasteiger partial charge in [-0.05, 0) is 30.3 Å².